The van der Waals surface area contributed by atoms with Crippen molar-refractivity contribution in [3.63, 3.8) is 0 Å². The van der Waals surface area contributed by atoms with E-state index in [1.54, 1.807) is 25.3 Å². The normalized spacial score (nSPS) is 18.4. The highest BCUT2D eigenvalue weighted by Crippen LogP contribution is 2.27. The van der Waals surface area contributed by atoms with E-state index in [2.05, 4.69) is 5.32 Å². The molecule has 1 saturated heterocycles. The highest BCUT2D eigenvalue weighted by Gasteiger charge is 2.35. The van der Waals surface area contributed by atoms with E-state index in [-0.39, 0.29) is 30.5 Å². The molecule has 1 atom stereocenters. The average Bonchev–Trinajstić information content (AvgIpc) is 2.81. The summed E-state index contributed by atoms with van der Waals surface area (Å²) in [7, 11) is 1.55. The Morgan fingerprint density at radius 1 is 1.50 bits per heavy atom. The molecule has 0 aliphatic carbocycles. The number of hydrogen-bond acceptors (Lipinski definition) is 3. The van der Waals surface area contributed by atoms with Gasteiger partial charge < -0.3 is 15.0 Å². The lowest BCUT2D eigenvalue weighted by atomic mass is 10.1. The molecule has 1 N–H and O–H groups in total. The molecule has 1 fully saturated rings. The smallest absolute Gasteiger partial charge is 0.227 e. The number of ether oxygens (including phenoxy) is 1. The number of rotatable bonds is 5. The zero-order valence-corrected chi connectivity index (χ0v) is 11.3. The van der Waals surface area contributed by atoms with Crippen molar-refractivity contribution in [2.24, 2.45) is 5.92 Å². The Balaban J connectivity index is 2.00. The molecule has 0 spiro atoms. The van der Waals surface area contributed by atoms with Crippen LogP contribution in [0.1, 0.15) is 6.42 Å². The van der Waals surface area contributed by atoms with Gasteiger partial charge >= 0.3 is 0 Å². The summed E-state index contributed by atoms with van der Waals surface area (Å²) in [6, 6.07) is 6.07. The number of amides is 2. The number of carbonyl (C=O) groups is 2. The number of nitrogens with zero attached hydrogens (tertiary/aromatic N) is 1. The van der Waals surface area contributed by atoms with Crippen LogP contribution < -0.4 is 10.2 Å². The molecule has 1 aliphatic rings. The highest BCUT2D eigenvalue weighted by atomic mass is 19.1. The standard InChI is InChI=1S/C14H17FN2O3/c1-20-7-6-16-14(19)10-8-13(18)17(9-10)12-5-3-2-4-11(12)15/h2-5,10H,6-9H2,1H3,(H,16,19)/t10-/m0/s1. The molecular formula is C14H17FN2O3. The topological polar surface area (TPSA) is 58.6 Å². The first kappa shape index (κ1) is 14.5. The molecular weight excluding hydrogens is 263 g/mol. The van der Waals surface area contributed by atoms with Gasteiger partial charge in [0.15, 0.2) is 0 Å². The van der Waals surface area contributed by atoms with Gasteiger partial charge in [0.1, 0.15) is 5.82 Å². The summed E-state index contributed by atoms with van der Waals surface area (Å²) in [6.45, 7) is 1.03. The van der Waals surface area contributed by atoms with Crippen molar-refractivity contribution >= 4 is 17.5 Å². The zero-order valence-electron chi connectivity index (χ0n) is 11.3. The molecule has 1 aromatic rings. The molecule has 2 rings (SSSR count). The predicted molar refractivity (Wildman–Crippen MR) is 71.7 cm³/mol. The first-order valence-electron chi connectivity index (χ1n) is 6.45. The van der Waals surface area contributed by atoms with Crippen LogP contribution in [0.2, 0.25) is 0 Å². The Bertz CT molecular complexity index is 507. The molecule has 0 aromatic heterocycles. The molecule has 2 amide bonds. The third kappa shape index (κ3) is 3.14. The summed E-state index contributed by atoms with van der Waals surface area (Å²) in [5.74, 6) is -1.34. The largest absolute Gasteiger partial charge is 0.383 e. The number of nitrogens with one attached hydrogen (secondary N) is 1. The number of halogens is 1. The van der Waals surface area contributed by atoms with Crippen molar-refractivity contribution < 1.29 is 18.7 Å². The SMILES string of the molecule is COCCNC(=O)[C@H]1CC(=O)N(c2ccccc2F)C1. The van der Waals surface area contributed by atoms with Gasteiger partial charge in [-0.3, -0.25) is 9.59 Å². The van der Waals surface area contributed by atoms with E-state index in [4.69, 9.17) is 4.74 Å². The Kier molecular flexibility index (Phi) is 4.68. The summed E-state index contributed by atoms with van der Waals surface area (Å²) in [5, 5.41) is 2.70. The van der Waals surface area contributed by atoms with Gasteiger partial charge in [0, 0.05) is 26.6 Å². The highest BCUT2D eigenvalue weighted by molar-refractivity contribution is 6.00. The maximum absolute atomic E-state index is 13.7. The fourth-order valence-corrected chi connectivity index (χ4v) is 2.21. The summed E-state index contributed by atoms with van der Waals surface area (Å²) < 4.78 is 18.5. The molecule has 1 aromatic carbocycles. The molecule has 1 heterocycles. The van der Waals surface area contributed by atoms with Crippen molar-refractivity contribution in [3.8, 4) is 0 Å². The molecule has 108 valence electrons. The van der Waals surface area contributed by atoms with Crippen molar-refractivity contribution in [2.45, 2.75) is 6.42 Å². The van der Waals surface area contributed by atoms with Gasteiger partial charge in [0.05, 0.1) is 18.2 Å². The van der Waals surface area contributed by atoms with E-state index in [0.717, 1.165) is 0 Å². The number of anilines is 1. The van der Waals surface area contributed by atoms with E-state index in [1.807, 2.05) is 0 Å². The number of methoxy groups -OCH3 is 1. The van der Waals surface area contributed by atoms with Gasteiger partial charge in [0.2, 0.25) is 11.8 Å². The van der Waals surface area contributed by atoms with Gasteiger partial charge in [0.25, 0.3) is 0 Å². The summed E-state index contributed by atoms with van der Waals surface area (Å²) >= 11 is 0. The first-order chi connectivity index (χ1) is 9.63. The Labute approximate surface area is 116 Å². The van der Waals surface area contributed by atoms with E-state index >= 15 is 0 Å². The van der Waals surface area contributed by atoms with E-state index in [9.17, 15) is 14.0 Å². The second-order valence-electron chi connectivity index (χ2n) is 4.64. The molecule has 20 heavy (non-hydrogen) atoms. The summed E-state index contributed by atoms with van der Waals surface area (Å²) in [6.07, 6.45) is 0.104. The van der Waals surface area contributed by atoms with Crippen LogP contribution in [0, 0.1) is 11.7 Å². The minimum Gasteiger partial charge on any atom is -0.383 e. The zero-order chi connectivity index (χ0) is 14.5. The van der Waals surface area contributed by atoms with Crippen molar-refractivity contribution in [1.29, 1.82) is 0 Å². The van der Waals surface area contributed by atoms with Gasteiger partial charge in [-0.2, -0.15) is 0 Å². The van der Waals surface area contributed by atoms with Crippen LogP contribution in [0.25, 0.3) is 0 Å². The molecule has 0 bridgehead atoms. The third-order valence-corrected chi connectivity index (χ3v) is 3.24. The van der Waals surface area contributed by atoms with E-state index < -0.39 is 11.7 Å². The fraction of sp³-hybridized carbons (Fsp3) is 0.429. The second kappa shape index (κ2) is 6.47. The maximum atomic E-state index is 13.7. The first-order valence-corrected chi connectivity index (χ1v) is 6.45. The van der Waals surface area contributed by atoms with Crippen molar-refractivity contribution in [1.82, 2.24) is 5.32 Å². The lowest BCUT2D eigenvalue weighted by Gasteiger charge is -2.17. The van der Waals surface area contributed by atoms with Crippen molar-refractivity contribution in [3.05, 3.63) is 30.1 Å². The van der Waals surface area contributed by atoms with Gasteiger partial charge in [-0.25, -0.2) is 4.39 Å². The van der Waals surface area contributed by atoms with Gasteiger partial charge in [-0.1, -0.05) is 12.1 Å². The predicted octanol–water partition coefficient (Wildman–Crippen LogP) is 0.941. The molecule has 6 heteroatoms. The van der Waals surface area contributed by atoms with Crippen LogP contribution in [0.4, 0.5) is 10.1 Å². The van der Waals surface area contributed by atoms with Crippen LogP contribution in [0.5, 0.6) is 0 Å². The number of benzene rings is 1. The van der Waals surface area contributed by atoms with Crippen LogP contribution in [0.15, 0.2) is 24.3 Å². The van der Waals surface area contributed by atoms with E-state index in [1.165, 1.54) is 11.0 Å². The van der Waals surface area contributed by atoms with Gasteiger partial charge in [-0.05, 0) is 12.1 Å². The quantitative estimate of drug-likeness (QED) is 0.817. The Morgan fingerprint density at radius 3 is 2.95 bits per heavy atom. The molecule has 0 unspecified atom stereocenters. The van der Waals surface area contributed by atoms with Crippen molar-refractivity contribution in [2.75, 3.05) is 31.7 Å². The lowest BCUT2D eigenvalue weighted by molar-refractivity contribution is -0.126. The van der Waals surface area contributed by atoms with Crippen LogP contribution >= 0.6 is 0 Å². The van der Waals surface area contributed by atoms with Crippen LogP contribution in [-0.2, 0) is 14.3 Å². The average molecular weight is 280 g/mol. The molecule has 1 aliphatic heterocycles. The molecule has 5 nitrogen and oxygen atoms in total. The Hall–Kier alpha value is -1.95. The third-order valence-electron chi connectivity index (χ3n) is 3.24. The number of carbonyl (C=O) groups excluding carboxylic acids is 2. The van der Waals surface area contributed by atoms with E-state index in [0.29, 0.717) is 13.2 Å². The summed E-state index contributed by atoms with van der Waals surface area (Å²) in [4.78, 5) is 25.1. The molecule has 0 saturated carbocycles. The van der Waals surface area contributed by atoms with Crippen LogP contribution in [0.3, 0.4) is 0 Å². The Morgan fingerprint density at radius 2 is 2.25 bits per heavy atom. The minimum absolute atomic E-state index is 0.104. The van der Waals surface area contributed by atoms with Gasteiger partial charge in [-0.15, -0.1) is 0 Å². The minimum atomic E-state index is -0.457. The monoisotopic (exact) mass is 280 g/mol. The second-order valence-corrected chi connectivity index (χ2v) is 4.64. The van der Waals surface area contributed by atoms with Crippen LogP contribution in [-0.4, -0.2) is 38.6 Å². The number of hydrogen-bond donors (Lipinski definition) is 1. The number of para-hydroxylation sites is 1. The fourth-order valence-electron chi connectivity index (χ4n) is 2.21. The maximum Gasteiger partial charge on any atom is 0.227 e. The lowest BCUT2D eigenvalue weighted by Crippen LogP contribution is -2.34. The molecule has 0 radical (unpaired) electrons. The summed E-state index contributed by atoms with van der Waals surface area (Å²) in [5.41, 5.74) is 0.227.